The van der Waals surface area contributed by atoms with E-state index < -0.39 is 17.8 Å². The third-order valence-electron chi connectivity index (χ3n) is 8.59. The molecule has 3 atom stereocenters. The molecule has 0 radical (unpaired) electrons. The van der Waals surface area contributed by atoms with Crippen LogP contribution in [0.3, 0.4) is 0 Å². The lowest BCUT2D eigenvalue weighted by Crippen LogP contribution is -2.55. The molecule has 0 bridgehead atoms. The van der Waals surface area contributed by atoms with Gasteiger partial charge in [-0.2, -0.15) is 13.2 Å². The fraction of sp³-hybridized carbons (Fsp3) is 0.536. The molecule has 3 fully saturated rings. The predicted octanol–water partition coefficient (Wildman–Crippen LogP) is 5.96. The molecule has 2 N–H and O–H groups in total. The number of methoxy groups -OCH3 is 2. The summed E-state index contributed by atoms with van der Waals surface area (Å²) < 4.78 is 50.2. The molecule has 2 saturated carbocycles. The third-order valence-corrected chi connectivity index (χ3v) is 8.59. The second kappa shape index (κ2) is 10.1. The van der Waals surface area contributed by atoms with Crippen LogP contribution < -0.4 is 20.1 Å². The van der Waals surface area contributed by atoms with Gasteiger partial charge in [-0.25, -0.2) is 4.79 Å². The van der Waals surface area contributed by atoms with Crippen molar-refractivity contribution in [2.75, 3.05) is 26.1 Å². The van der Waals surface area contributed by atoms with E-state index in [1.807, 2.05) is 6.07 Å². The van der Waals surface area contributed by atoms with Crippen LogP contribution >= 0.6 is 0 Å². The molecule has 2 aromatic carbocycles. The number of urea groups is 1. The number of rotatable bonds is 6. The first-order valence-electron chi connectivity index (χ1n) is 13.0. The number of hydrogen-bond donors (Lipinski definition) is 2. The molecule has 200 valence electrons. The van der Waals surface area contributed by atoms with Gasteiger partial charge >= 0.3 is 12.2 Å². The minimum absolute atomic E-state index is 0.0369. The summed E-state index contributed by atoms with van der Waals surface area (Å²) in [6, 6.07) is 11.2. The Balaban J connectivity index is 1.33. The molecule has 0 spiro atoms. The number of nitrogens with one attached hydrogen (secondary N) is 2. The van der Waals surface area contributed by atoms with E-state index in [4.69, 9.17) is 9.47 Å². The van der Waals surface area contributed by atoms with Crippen molar-refractivity contribution in [3.05, 3.63) is 53.6 Å². The minimum Gasteiger partial charge on any atom is -0.493 e. The number of likely N-dealkylation sites (tertiary alicyclic amines) is 1. The van der Waals surface area contributed by atoms with Gasteiger partial charge in [0.15, 0.2) is 11.5 Å². The number of anilines is 1. The summed E-state index contributed by atoms with van der Waals surface area (Å²) in [5.74, 6) is 1.42. The monoisotopic (exact) mass is 517 g/mol. The van der Waals surface area contributed by atoms with Crippen molar-refractivity contribution in [2.24, 2.45) is 0 Å². The van der Waals surface area contributed by atoms with E-state index in [-0.39, 0.29) is 23.2 Å². The minimum atomic E-state index is -4.46. The van der Waals surface area contributed by atoms with Crippen LogP contribution in [-0.4, -0.2) is 49.8 Å². The Morgan fingerprint density at radius 1 is 1.03 bits per heavy atom. The fourth-order valence-corrected chi connectivity index (χ4v) is 6.48. The summed E-state index contributed by atoms with van der Waals surface area (Å²) in [6.07, 6.45) is 2.73. The number of carbonyl (C=O) groups excluding carboxylic acids is 1. The number of fused-ring (bicyclic) bond motifs is 1. The van der Waals surface area contributed by atoms with Gasteiger partial charge < -0.3 is 20.1 Å². The molecule has 0 unspecified atom stereocenters. The first kappa shape index (κ1) is 25.7. The van der Waals surface area contributed by atoms with Crippen molar-refractivity contribution in [2.45, 2.75) is 74.7 Å². The topological polar surface area (TPSA) is 62.8 Å². The standard InChI is InChI=1S/C28H34F3N3O3/c1-36-23-10-9-18(16-24(23)37-2)27-12-11-21(17-25(27)34(14-13-27)22-7-4-8-22)33-26(35)32-20-6-3-5-19(15-20)28(29,30)31/h3,5-6,9-10,15-16,21-22,25H,4,7-8,11-14,17H2,1-2H3,(H2,32,33,35)/t21-,25+,27-/m0/s1. The summed E-state index contributed by atoms with van der Waals surface area (Å²) in [4.78, 5) is 15.4. The number of alkyl halides is 3. The molecule has 9 heteroatoms. The van der Waals surface area contributed by atoms with Crippen LogP contribution in [0.1, 0.15) is 56.1 Å². The highest BCUT2D eigenvalue weighted by Gasteiger charge is 2.53. The zero-order chi connectivity index (χ0) is 26.2. The summed E-state index contributed by atoms with van der Waals surface area (Å²) in [6.45, 7) is 1.02. The van der Waals surface area contributed by atoms with Crippen molar-refractivity contribution in [1.82, 2.24) is 10.2 Å². The number of halogens is 3. The third kappa shape index (κ3) is 4.98. The van der Waals surface area contributed by atoms with E-state index in [9.17, 15) is 18.0 Å². The van der Waals surface area contributed by atoms with Crippen molar-refractivity contribution < 1.29 is 27.4 Å². The number of nitrogens with zero attached hydrogens (tertiary/aromatic N) is 1. The maximum Gasteiger partial charge on any atom is 0.416 e. The SMILES string of the molecule is COc1ccc([C@@]23CC[C@H](NC(=O)Nc4cccc(C(F)(F)F)c4)C[C@H]2N(C2CCC2)CC3)cc1OC. The van der Waals surface area contributed by atoms with Crippen LogP contribution in [-0.2, 0) is 11.6 Å². The summed E-state index contributed by atoms with van der Waals surface area (Å²) >= 11 is 0. The van der Waals surface area contributed by atoms with Gasteiger partial charge in [0, 0.05) is 29.2 Å². The lowest BCUT2D eigenvalue weighted by atomic mass is 9.64. The lowest BCUT2D eigenvalue weighted by Gasteiger charge is -2.48. The summed E-state index contributed by atoms with van der Waals surface area (Å²) in [7, 11) is 3.28. The van der Waals surface area contributed by atoms with E-state index in [0.717, 1.165) is 50.1 Å². The van der Waals surface area contributed by atoms with Crippen molar-refractivity contribution in [1.29, 1.82) is 0 Å². The van der Waals surface area contributed by atoms with Gasteiger partial charge in [0.25, 0.3) is 0 Å². The second-order valence-electron chi connectivity index (χ2n) is 10.5. The first-order valence-corrected chi connectivity index (χ1v) is 13.0. The average Bonchev–Trinajstić information content (AvgIpc) is 3.21. The van der Waals surface area contributed by atoms with Crippen LogP contribution in [0.5, 0.6) is 11.5 Å². The molecule has 5 rings (SSSR count). The first-order chi connectivity index (χ1) is 17.7. The molecule has 1 heterocycles. The van der Waals surface area contributed by atoms with Crippen molar-refractivity contribution in [3.8, 4) is 11.5 Å². The molecular weight excluding hydrogens is 483 g/mol. The highest BCUT2D eigenvalue weighted by Crippen LogP contribution is 2.52. The lowest BCUT2D eigenvalue weighted by molar-refractivity contribution is -0.137. The molecular formula is C28H34F3N3O3. The Kier molecular flexibility index (Phi) is 7.00. The summed E-state index contributed by atoms with van der Waals surface area (Å²) in [5, 5.41) is 5.63. The molecule has 2 aliphatic carbocycles. The smallest absolute Gasteiger partial charge is 0.416 e. The zero-order valence-corrected chi connectivity index (χ0v) is 21.2. The van der Waals surface area contributed by atoms with Gasteiger partial charge in [0.2, 0.25) is 0 Å². The van der Waals surface area contributed by atoms with Crippen LogP contribution in [0.25, 0.3) is 0 Å². The Morgan fingerprint density at radius 2 is 1.81 bits per heavy atom. The van der Waals surface area contributed by atoms with Crippen molar-refractivity contribution >= 4 is 11.7 Å². The Hall–Kier alpha value is -2.94. The van der Waals surface area contributed by atoms with E-state index in [2.05, 4.69) is 27.7 Å². The molecule has 1 saturated heterocycles. The highest BCUT2D eigenvalue weighted by molar-refractivity contribution is 5.89. The molecule has 37 heavy (non-hydrogen) atoms. The molecule has 2 amide bonds. The molecule has 3 aliphatic rings. The zero-order valence-electron chi connectivity index (χ0n) is 21.2. The molecule has 6 nitrogen and oxygen atoms in total. The van der Waals surface area contributed by atoms with Crippen LogP contribution in [0.15, 0.2) is 42.5 Å². The molecule has 0 aromatic heterocycles. The average molecular weight is 518 g/mol. The van der Waals surface area contributed by atoms with Crippen molar-refractivity contribution in [3.63, 3.8) is 0 Å². The number of amides is 2. The fourth-order valence-electron chi connectivity index (χ4n) is 6.48. The Morgan fingerprint density at radius 3 is 2.49 bits per heavy atom. The van der Waals surface area contributed by atoms with E-state index in [1.165, 1.54) is 37.0 Å². The number of ether oxygens (including phenoxy) is 2. The second-order valence-corrected chi connectivity index (χ2v) is 10.5. The normalized spacial score (nSPS) is 26.2. The maximum atomic E-state index is 13.1. The van der Waals surface area contributed by atoms with E-state index >= 15 is 0 Å². The molecule has 1 aliphatic heterocycles. The van der Waals surface area contributed by atoms with Crippen LogP contribution in [0, 0.1) is 0 Å². The Bertz CT molecular complexity index is 1140. The Labute approximate surface area is 215 Å². The van der Waals surface area contributed by atoms with E-state index in [0.29, 0.717) is 11.8 Å². The number of benzene rings is 2. The van der Waals surface area contributed by atoms with Gasteiger partial charge in [-0.3, -0.25) is 4.90 Å². The largest absolute Gasteiger partial charge is 0.493 e. The van der Waals surface area contributed by atoms with Gasteiger partial charge in [0.05, 0.1) is 19.8 Å². The number of hydrogen-bond acceptors (Lipinski definition) is 4. The van der Waals surface area contributed by atoms with Crippen LogP contribution in [0.4, 0.5) is 23.7 Å². The predicted molar refractivity (Wildman–Crippen MR) is 135 cm³/mol. The summed E-state index contributed by atoms with van der Waals surface area (Å²) in [5.41, 5.74) is 0.540. The van der Waals surface area contributed by atoms with Gasteiger partial charge in [-0.1, -0.05) is 18.6 Å². The van der Waals surface area contributed by atoms with Gasteiger partial charge in [-0.05, 0) is 81.0 Å². The molecule has 2 aromatic rings. The van der Waals surface area contributed by atoms with E-state index in [1.54, 1.807) is 14.2 Å². The van der Waals surface area contributed by atoms with Gasteiger partial charge in [-0.15, -0.1) is 0 Å². The van der Waals surface area contributed by atoms with Crippen LogP contribution in [0.2, 0.25) is 0 Å². The van der Waals surface area contributed by atoms with Gasteiger partial charge in [0.1, 0.15) is 0 Å². The highest BCUT2D eigenvalue weighted by atomic mass is 19.4. The number of carbonyl (C=O) groups is 1. The quantitative estimate of drug-likeness (QED) is 0.496. The maximum absolute atomic E-state index is 13.1.